The number of nitrogens with one attached hydrogen (secondary N) is 1. The predicted octanol–water partition coefficient (Wildman–Crippen LogP) is 3.34. The highest BCUT2D eigenvalue weighted by Crippen LogP contribution is 2.26. The number of aryl methyl sites for hydroxylation is 1. The zero-order valence-corrected chi connectivity index (χ0v) is 20.9. The Morgan fingerprint density at radius 2 is 1.87 bits per heavy atom. The number of sulfonamides is 1. The molecule has 31 heavy (non-hydrogen) atoms. The van der Waals surface area contributed by atoms with Crippen LogP contribution in [0.25, 0.3) is 0 Å². The molecule has 0 saturated carbocycles. The molecule has 0 aliphatic rings. The molecule has 2 rings (SSSR count). The molecule has 0 aliphatic heterocycles. The summed E-state index contributed by atoms with van der Waals surface area (Å²) < 4.78 is 26.9. The minimum absolute atomic E-state index is 0.143. The first-order valence-electron chi connectivity index (χ1n) is 9.43. The molecule has 7 nitrogen and oxygen atoms in total. The number of amides is 2. The maximum Gasteiger partial charge on any atom is 0.244 e. The van der Waals surface area contributed by atoms with Crippen LogP contribution in [0.5, 0.6) is 0 Å². The number of halogens is 2. The van der Waals surface area contributed by atoms with Crippen molar-refractivity contribution in [3.05, 3.63) is 63.1 Å². The van der Waals surface area contributed by atoms with Gasteiger partial charge in [-0.1, -0.05) is 39.7 Å². The number of anilines is 1. The lowest BCUT2D eigenvalue weighted by atomic mass is 10.1. The normalized spacial score (nSPS) is 12.2. The second kappa shape index (κ2) is 10.5. The summed E-state index contributed by atoms with van der Waals surface area (Å²) in [6, 6.07) is 11.3. The summed E-state index contributed by atoms with van der Waals surface area (Å²) in [4.78, 5) is 27.0. The van der Waals surface area contributed by atoms with E-state index in [9.17, 15) is 18.0 Å². The second-order valence-corrected chi connectivity index (χ2v) is 10.4. The van der Waals surface area contributed by atoms with Gasteiger partial charge in [0.25, 0.3) is 0 Å². The molecule has 0 radical (unpaired) electrons. The van der Waals surface area contributed by atoms with E-state index in [0.717, 1.165) is 20.6 Å². The Bertz CT molecular complexity index is 1080. The molecule has 2 aromatic rings. The maximum atomic E-state index is 13.3. The Labute approximate surface area is 196 Å². The number of likely N-dealkylation sites (N-methyl/N-ethyl adjacent to an activating group) is 1. The van der Waals surface area contributed by atoms with Crippen LogP contribution in [-0.2, 0) is 26.2 Å². The van der Waals surface area contributed by atoms with Crippen LogP contribution in [0, 0.1) is 6.92 Å². The van der Waals surface area contributed by atoms with Crippen molar-refractivity contribution < 1.29 is 18.0 Å². The van der Waals surface area contributed by atoms with Crippen molar-refractivity contribution in [3.8, 4) is 0 Å². The topological polar surface area (TPSA) is 86.8 Å². The number of hydrogen-bond donors (Lipinski definition) is 1. The van der Waals surface area contributed by atoms with E-state index in [1.807, 2.05) is 24.3 Å². The fourth-order valence-corrected chi connectivity index (χ4v) is 4.70. The molecule has 0 fully saturated rings. The van der Waals surface area contributed by atoms with Gasteiger partial charge >= 0.3 is 0 Å². The average Bonchev–Trinajstić information content (AvgIpc) is 2.68. The number of carbonyl (C=O) groups excluding carboxylic acids is 2. The molecule has 10 heteroatoms. The molecule has 0 aliphatic carbocycles. The number of rotatable bonds is 8. The van der Waals surface area contributed by atoms with E-state index in [0.29, 0.717) is 16.3 Å². The highest BCUT2D eigenvalue weighted by atomic mass is 79.9. The van der Waals surface area contributed by atoms with Gasteiger partial charge in [0, 0.05) is 23.1 Å². The molecule has 2 amide bonds. The Hall–Kier alpha value is -2.10. The number of carbonyl (C=O) groups is 2. The lowest BCUT2D eigenvalue weighted by Crippen LogP contribution is -2.50. The Kier molecular flexibility index (Phi) is 8.50. The lowest BCUT2D eigenvalue weighted by molar-refractivity contribution is -0.139. The van der Waals surface area contributed by atoms with Crippen molar-refractivity contribution in [2.75, 3.05) is 24.2 Å². The quantitative estimate of drug-likeness (QED) is 0.567. The van der Waals surface area contributed by atoms with E-state index in [1.165, 1.54) is 11.9 Å². The summed E-state index contributed by atoms with van der Waals surface area (Å²) >= 11 is 9.39. The van der Waals surface area contributed by atoms with Crippen molar-refractivity contribution in [2.24, 2.45) is 0 Å². The van der Waals surface area contributed by atoms with Crippen LogP contribution in [0.15, 0.2) is 46.9 Å². The largest absolute Gasteiger partial charge is 0.357 e. The fraction of sp³-hybridized carbons (Fsp3) is 0.333. The van der Waals surface area contributed by atoms with Crippen LogP contribution in [0.2, 0.25) is 5.02 Å². The zero-order valence-electron chi connectivity index (χ0n) is 17.7. The second-order valence-electron chi connectivity index (χ2n) is 7.14. The average molecular weight is 531 g/mol. The molecule has 0 saturated heterocycles. The third-order valence-corrected chi connectivity index (χ3v) is 6.62. The minimum Gasteiger partial charge on any atom is -0.357 e. The van der Waals surface area contributed by atoms with Gasteiger partial charge in [0.05, 0.1) is 11.9 Å². The minimum atomic E-state index is -3.78. The molecule has 0 aromatic heterocycles. The van der Waals surface area contributed by atoms with Crippen molar-refractivity contribution in [1.29, 1.82) is 0 Å². The van der Waals surface area contributed by atoms with E-state index in [2.05, 4.69) is 21.2 Å². The summed E-state index contributed by atoms with van der Waals surface area (Å²) in [6.45, 7) is 3.02. The highest BCUT2D eigenvalue weighted by molar-refractivity contribution is 9.10. The van der Waals surface area contributed by atoms with E-state index in [-0.39, 0.29) is 12.5 Å². The van der Waals surface area contributed by atoms with Crippen LogP contribution in [-0.4, -0.2) is 51.0 Å². The van der Waals surface area contributed by atoms with Gasteiger partial charge in [-0.25, -0.2) is 8.42 Å². The standard InChI is InChI=1S/C21H25BrClN3O4S/c1-14-10-18(23)8-9-19(14)26(31(4,29)30)13-20(27)25(15(2)21(28)24-3)12-16-6-5-7-17(22)11-16/h5-11,15H,12-13H2,1-4H3,(H,24,28)/t15-/m1/s1. The summed E-state index contributed by atoms with van der Waals surface area (Å²) in [5.74, 6) is -0.854. The Morgan fingerprint density at radius 3 is 2.42 bits per heavy atom. The zero-order chi connectivity index (χ0) is 23.3. The summed E-state index contributed by atoms with van der Waals surface area (Å²) in [7, 11) is -2.29. The van der Waals surface area contributed by atoms with Gasteiger partial charge in [-0.15, -0.1) is 0 Å². The van der Waals surface area contributed by atoms with Crippen LogP contribution in [0.4, 0.5) is 5.69 Å². The SMILES string of the molecule is CNC(=O)[C@@H](C)N(Cc1cccc(Br)c1)C(=O)CN(c1ccc(Cl)cc1C)S(C)(=O)=O. The summed E-state index contributed by atoms with van der Waals surface area (Å²) in [5, 5.41) is 3.00. The predicted molar refractivity (Wildman–Crippen MR) is 127 cm³/mol. The Balaban J connectivity index is 2.42. The lowest BCUT2D eigenvalue weighted by Gasteiger charge is -2.31. The highest BCUT2D eigenvalue weighted by Gasteiger charge is 2.30. The molecule has 1 N–H and O–H groups in total. The van der Waals surface area contributed by atoms with E-state index < -0.39 is 28.5 Å². The van der Waals surface area contributed by atoms with Gasteiger partial charge in [-0.3, -0.25) is 13.9 Å². The molecule has 0 heterocycles. The number of hydrogen-bond acceptors (Lipinski definition) is 4. The Morgan fingerprint density at radius 1 is 1.19 bits per heavy atom. The van der Waals surface area contributed by atoms with E-state index in [4.69, 9.17) is 11.6 Å². The van der Waals surface area contributed by atoms with Crippen LogP contribution in [0.1, 0.15) is 18.1 Å². The first-order valence-corrected chi connectivity index (χ1v) is 12.5. The summed E-state index contributed by atoms with van der Waals surface area (Å²) in [5.41, 5.74) is 1.77. The smallest absolute Gasteiger partial charge is 0.244 e. The third-order valence-electron chi connectivity index (χ3n) is 4.76. The number of benzene rings is 2. The fourth-order valence-electron chi connectivity index (χ4n) is 3.12. The van der Waals surface area contributed by atoms with Crippen molar-refractivity contribution in [3.63, 3.8) is 0 Å². The van der Waals surface area contributed by atoms with E-state index >= 15 is 0 Å². The van der Waals surface area contributed by atoms with Crippen LogP contribution in [0.3, 0.4) is 0 Å². The van der Waals surface area contributed by atoms with Crippen molar-refractivity contribution in [2.45, 2.75) is 26.4 Å². The van der Waals surface area contributed by atoms with Gasteiger partial charge in [0.1, 0.15) is 12.6 Å². The van der Waals surface area contributed by atoms with Gasteiger partial charge < -0.3 is 10.2 Å². The molecular formula is C21H25BrClN3O4S. The molecular weight excluding hydrogens is 506 g/mol. The first kappa shape index (κ1) is 25.2. The first-order chi connectivity index (χ1) is 14.4. The molecule has 168 valence electrons. The van der Waals surface area contributed by atoms with Gasteiger partial charge in [0.15, 0.2) is 0 Å². The van der Waals surface area contributed by atoms with Crippen LogP contribution >= 0.6 is 27.5 Å². The third kappa shape index (κ3) is 6.69. The van der Waals surface area contributed by atoms with Crippen LogP contribution < -0.4 is 9.62 Å². The van der Waals surface area contributed by atoms with Crippen molar-refractivity contribution in [1.82, 2.24) is 10.2 Å². The van der Waals surface area contributed by atoms with E-state index in [1.54, 1.807) is 32.0 Å². The van der Waals surface area contributed by atoms with Gasteiger partial charge in [0.2, 0.25) is 21.8 Å². The number of nitrogens with zero attached hydrogens (tertiary/aromatic N) is 2. The summed E-state index contributed by atoms with van der Waals surface area (Å²) in [6.07, 6.45) is 1.04. The molecule has 1 atom stereocenters. The molecule has 0 spiro atoms. The maximum absolute atomic E-state index is 13.3. The molecule has 0 unspecified atom stereocenters. The van der Waals surface area contributed by atoms with Crippen molar-refractivity contribution >= 4 is 55.1 Å². The molecule has 2 aromatic carbocycles. The van der Waals surface area contributed by atoms with Gasteiger partial charge in [-0.05, 0) is 55.3 Å². The van der Waals surface area contributed by atoms with Gasteiger partial charge in [-0.2, -0.15) is 0 Å². The molecule has 0 bridgehead atoms. The monoisotopic (exact) mass is 529 g/mol.